The van der Waals surface area contributed by atoms with Crippen LogP contribution in [0.2, 0.25) is 0 Å². The minimum Gasteiger partial charge on any atom is -0.370 e. The van der Waals surface area contributed by atoms with Crippen LogP contribution in [0.5, 0.6) is 0 Å². The molecular formula is C13H28N4. The first kappa shape index (κ1) is 14.3. The van der Waals surface area contributed by atoms with Crippen LogP contribution < -0.4 is 5.73 Å². The van der Waals surface area contributed by atoms with E-state index in [1.165, 1.54) is 12.8 Å². The third-order valence-corrected chi connectivity index (χ3v) is 3.39. The molecule has 4 heteroatoms. The van der Waals surface area contributed by atoms with Gasteiger partial charge in [-0.15, -0.1) is 0 Å². The molecule has 0 aromatic carbocycles. The molecule has 4 nitrogen and oxygen atoms in total. The van der Waals surface area contributed by atoms with Gasteiger partial charge in [0.1, 0.15) is 0 Å². The highest BCUT2D eigenvalue weighted by Gasteiger charge is 2.27. The largest absolute Gasteiger partial charge is 0.370 e. The van der Waals surface area contributed by atoms with Gasteiger partial charge >= 0.3 is 0 Å². The highest BCUT2D eigenvalue weighted by atomic mass is 15.3. The molecule has 1 rings (SSSR count). The Bertz CT molecular complexity index is 256. The van der Waals surface area contributed by atoms with Gasteiger partial charge in [0.2, 0.25) is 0 Å². The summed E-state index contributed by atoms with van der Waals surface area (Å²) in [6, 6.07) is 1.13. The lowest BCUT2D eigenvalue weighted by atomic mass is 10.0. The summed E-state index contributed by atoms with van der Waals surface area (Å²) in [5.41, 5.74) is 5.99. The summed E-state index contributed by atoms with van der Waals surface area (Å²) >= 11 is 0. The van der Waals surface area contributed by atoms with E-state index in [9.17, 15) is 0 Å². The Kier molecular flexibility index (Phi) is 5.25. The fourth-order valence-electron chi connectivity index (χ4n) is 1.95. The van der Waals surface area contributed by atoms with E-state index in [1.54, 1.807) is 0 Å². The Hall–Kier alpha value is -0.770. The Labute approximate surface area is 106 Å². The second-order valence-corrected chi connectivity index (χ2v) is 5.79. The van der Waals surface area contributed by atoms with Gasteiger partial charge in [-0.25, -0.2) is 0 Å². The van der Waals surface area contributed by atoms with E-state index in [1.807, 2.05) is 7.05 Å². The Balaban J connectivity index is 2.45. The van der Waals surface area contributed by atoms with Gasteiger partial charge < -0.3 is 15.5 Å². The van der Waals surface area contributed by atoms with Crippen LogP contribution in [-0.4, -0.2) is 55.5 Å². The van der Waals surface area contributed by atoms with Gasteiger partial charge in [0, 0.05) is 19.1 Å². The van der Waals surface area contributed by atoms with E-state index in [2.05, 4.69) is 42.7 Å². The van der Waals surface area contributed by atoms with E-state index < -0.39 is 0 Å². The SMILES string of the molecule is CC(C)CC(CN=C(N)N(C)C1CC1)N(C)C. The van der Waals surface area contributed by atoms with Gasteiger partial charge in [-0.2, -0.15) is 0 Å². The van der Waals surface area contributed by atoms with E-state index in [-0.39, 0.29) is 0 Å². The molecule has 17 heavy (non-hydrogen) atoms. The number of guanidine groups is 1. The molecule has 0 radical (unpaired) electrons. The summed E-state index contributed by atoms with van der Waals surface area (Å²) in [5, 5.41) is 0. The number of nitrogens with two attached hydrogens (primary N) is 1. The lowest BCUT2D eigenvalue weighted by Gasteiger charge is -2.25. The second kappa shape index (κ2) is 6.24. The average molecular weight is 240 g/mol. The number of hydrogen-bond donors (Lipinski definition) is 1. The first-order valence-electron chi connectivity index (χ1n) is 6.61. The van der Waals surface area contributed by atoms with Crippen molar-refractivity contribution in [2.45, 2.75) is 45.2 Å². The van der Waals surface area contributed by atoms with E-state index >= 15 is 0 Å². The van der Waals surface area contributed by atoms with Crippen LogP contribution in [-0.2, 0) is 0 Å². The molecule has 0 amide bonds. The molecule has 0 aromatic rings. The monoisotopic (exact) mass is 240 g/mol. The van der Waals surface area contributed by atoms with Crippen molar-refractivity contribution in [3.8, 4) is 0 Å². The summed E-state index contributed by atoms with van der Waals surface area (Å²) in [7, 11) is 6.27. The summed E-state index contributed by atoms with van der Waals surface area (Å²) in [5.74, 6) is 1.39. The summed E-state index contributed by atoms with van der Waals surface area (Å²) in [6.45, 7) is 5.30. The normalized spacial score (nSPS) is 18.9. The molecule has 1 saturated carbocycles. The molecule has 0 saturated heterocycles. The molecule has 1 unspecified atom stereocenters. The molecule has 0 aromatic heterocycles. The number of rotatable bonds is 6. The maximum Gasteiger partial charge on any atom is 0.191 e. The van der Waals surface area contributed by atoms with Gasteiger partial charge in [0.15, 0.2) is 5.96 Å². The van der Waals surface area contributed by atoms with Crippen LogP contribution in [0.1, 0.15) is 33.1 Å². The maximum atomic E-state index is 5.99. The number of hydrogen-bond acceptors (Lipinski definition) is 2. The first-order chi connectivity index (χ1) is 7.91. The van der Waals surface area contributed by atoms with Crippen molar-refractivity contribution in [3.05, 3.63) is 0 Å². The average Bonchev–Trinajstić information content (AvgIpc) is 3.05. The molecule has 2 N–H and O–H groups in total. The Morgan fingerprint density at radius 1 is 1.29 bits per heavy atom. The van der Waals surface area contributed by atoms with Crippen LogP contribution in [0.4, 0.5) is 0 Å². The molecule has 1 aliphatic carbocycles. The summed E-state index contributed by atoms with van der Waals surface area (Å²) in [4.78, 5) is 8.90. The quantitative estimate of drug-likeness (QED) is 0.563. The van der Waals surface area contributed by atoms with Gasteiger partial charge in [-0.1, -0.05) is 13.8 Å². The maximum absolute atomic E-state index is 5.99. The minimum absolute atomic E-state index is 0.487. The fraction of sp³-hybridized carbons (Fsp3) is 0.923. The number of nitrogens with zero attached hydrogens (tertiary/aromatic N) is 3. The molecule has 0 spiro atoms. The zero-order valence-corrected chi connectivity index (χ0v) is 12.0. The predicted molar refractivity (Wildman–Crippen MR) is 74.2 cm³/mol. The Morgan fingerprint density at radius 2 is 1.88 bits per heavy atom. The van der Waals surface area contributed by atoms with Crippen LogP contribution in [0.25, 0.3) is 0 Å². The van der Waals surface area contributed by atoms with Gasteiger partial charge in [-0.05, 0) is 39.3 Å². The smallest absolute Gasteiger partial charge is 0.191 e. The van der Waals surface area contributed by atoms with Gasteiger partial charge in [0.25, 0.3) is 0 Å². The van der Waals surface area contributed by atoms with Crippen LogP contribution in [0.15, 0.2) is 4.99 Å². The lowest BCUT2D eigenvalue weighted by molar-refractivity contribution is 0.260. The van der Waals surface area contributed by atoms with E-state index in [0.717, 1.165) is 13.0 Å². The van der Waals surface area contributed by atoms with Crippen molar-refractivity contribution in [2.75, 3.05) is 27.7 Å². The topological polar surface area (TPSA) is 44.9 Å². The minimum atomic E-state index is 0.487. The highest BCUT2D eigenvalue weighted by Crippen LogP contribution is 2.24. The molecule has 1 fully saturated rings. The third-order valence-electron chi connectivity index (χ3n) is 3.39. The predicted octanol–water partition coefficient (Wildman–Crippen LogP) is 1.37. The van der Waals surface area contributed by atoms with Gasteiger partial charge in [-0.3, -0.25) is 4.99 Å². The zero-order chi connectivity index (χ0) is 13.0. The summed E-state index contributed by atoms with van der Waals surface area (Å²) < 4.78 is 0. The van der Waals surface area contributed by atoms with Crippen molar-refractivity contribution in [1.29, 1.82) is 0 Å². The molecule has 0 bridgehead atoms. The Morgan fingerprint density at radius 3 is 2.29 bits per heavy atom. The van der Waals surface area contributed by atoms with Crippen molar-refractivity contribution in [2.24, 2.45) is 16.6 Å². The fourth-order valence-corrected chi connectivity index (χ4v) is 1.95. The van der Waals surface area contributed by atoms with Gasteiger partial charge in [0.05, 0.1) is 6.54 Å². The van der Waals surface area contributed by atoms with E-state index in [4.69, 9.17) is 5.73 Å². The standard InChI is InChI=1S/C13H28N4/c1-10(2)8-12(16(3)4)9-15-13(14)17(5)11-6-7-11/h10-12H,6-9H2,1-5H3,(H2,14,15). The second-order valence-electron chi connectivity index (χ2n) is 5.79. The molecule has 1 aliphatic rings. The van der Waals surface area contributed by atoms with Crippen molar-refractivity contribution >= 4 is 5.96 Å². The van der Waals surface area contributed by atoms with Crippen molar-refractivity contribution in [1.82, 2.24) is 9.80 Å². The molecule has 0 heterocycles. The number of likely N-dealkylation sites (N-methyl/N-ethyl adjacent to an activating group) is 1. The van der Waals surface area contributed by atoms with Crippen LogP contribution in [0.3, 0.4) is 0 Å². The number of aliphatic imine (C=N–C) groups is 1. The first-order valence-corrected chi connectivity index (χ1v) is 6.61. The van der Waals surface area contributed by atoms with E-state index in [0.29, 0.717) is 24.0 Å². The van der Waals surface area contributed by atoms with Crippen molar-refractivity contribution in [3.63, 3.8) is 0 Å². The third kappa shape index (κ3) is 4.94. The van der Waals surface area contributed by atoms with Crippen LogP contribution >= 0.6 is 0 Å². The summed E-state index contributed by atoms with van der Waals surface area (Å²) in [6.07, 6.45) is 3.68. The van der Waals surface area contributed by atoms with Crippen molar-refractivity contribution < 1.29 is 0 Å². The highest BCUT2D eigenvalue weighted by molar-refractivity contribution is 5.78. The molecule has 100 valence electrons. The lowest BCUT2D eigenvalue weighted by Crippen LogP contribution is -2.38. The molecular weight excluding hydrogens is 212 g/mol. The van der Waals surface area contributed by atoms with Crippen LogP contribution in [0, 0.1) is 5.92 Å². The molecule has 1 atom stereocenters. The zero-order valence-electron chi connectivity index (χ0n) is 12.0. The molecule has 0 aliphatic heterocycles.